The first-order chi connectivity index (χ1) is 41.1. The van der Waals surface area contributed by atoms with Crippen LogP contribution >= 0.6 is 79.4 Å². The molecule has 7 aliphatic heterocycles. The van der Waals surface area contributed by atoms with Crippen LogP contribution in [0.2, 0.25) is 0 Å². The molecule has 484 valence electrons. The maximum Gasteiger partial charge on any atom is 0.414 e. The third-order valence-electron chi connectivity index (χ3n) is 17.7. The number of nitrogens with zero attached hydrogens (tertiary/aromatic N) is 7. The molecule has 0 bridgehead atoms. The number of fused-ring (bicyclic) bond motifs is 7. The molecule has 0 atom stereocenters. The minimum Gasteiger partial charge on any atom is -0.452 e. The number of sulfonamides is 2. The maximum atomic E-state index is 11.9. The number of carbonyl (C=O) groups is 4. The van der Waals surface area contributed by atoms with Crippen molar-refractivity contribution < 1.29 is 40.8 Å². The van der Waals surface area contributed by atoms with Crippen molar-refractivity contribution in [2.75, 3.05) is 100 Å². The van der Waals surface area contributed by atoms with Crippen molar-refractivity contribution in [1.82, 2.24) is 0 Å². The number of hydrogen-bond donors (Lipinski definition) is 0. The van der Waals surface area contributed by atoms with E-state index in [4.69, 9.17) is 4.74 Å². The maximum absolute atomic E-state index is 11.9. The summed E-state index contributed by atoms with van der Waals surface area (Å²) in [5.41, 5.74) is 16.3. The largest absolute Gasteiger partial charge is 0.452 e. The Labute approximate surface area is 555 Å². The van der Waals surface area contributed by atoms with E-state index >= 15 is 0 Å². The highest BCUT2D eigenvalue weighted by atomic mass is 32.2. The van der Waals surface area contributed by atoms with Gasteiger partial charge in [0.05, 0.1) is 58.6 Å². The Morgan fingerprint density at radius 2 is 0.865 bits per heavy atom. The lowest BCUT2D eigenvalue weighted by Crippen LogP contribution is -2.33. The minimum absolute atomic E-state index is 0.0452. The average molecular weight is 1390 g/mol. The van der Waals surface area contributed by atoms with Gasteiger partial charge in [-0.3, -0.25) is 27.9 Å². The Morgan fingerprint density at radius 3 is 1.33 bits per heavy atom. The quantitative estimate of drug-likeness (QED) is 0.152. The highest BCUT2D eigenvalue weighted by Crippen LogP contribution is 2.50. The number of thiophene rings is 7. The van der Waals surface area contributed by atoms with Crippen molar-refractivity contribution in [2.24, 2.45) is 0 Å². The van der Waals surface area contributed by atoms with E-state index in [0.717, 1.165) is 71.3 Å². The zero-order chi connectivity index (χ0) is 66.2. The predicted octanol–water partition coefficient (Wildman–Crippen LogP) is 15.1. The van der Waals surface area contributed by atoms with E-state index in [1.54, 1.807) is 122 Å². The van der Waals surface area contributed by atoms with Gasteiger partial charge in [-0.05, 0) is 93.2 Å². The van der Waals surface area contributed by atoms with Gasteiger partial charge in [0.25, 0.3) is 0 Å². The summed E-state index contributed by atoms with van der Waals surface area (Å²) in [5.74, 6) is 0.338. The number of methoxy groups -OCH3 is 1. The Balaban J connectivity index is 0.000000134. The van der Waals surface area contributed by atoms with Crippen molar-refractivity contribution in [3.05, 3.63) is 114 Å². The van der Waals surface area contributed by atoms with Crippen molar-refractivity contribution >= 4 is 164 Å². The predicted molar refractivity (Wildman–Crippen MR) is 379 cm³/mol. The van der Waals surface area contributed by atoms with Gasteiger partial charge < -0.3 is 24.3 Å². The lowest BCUT2D eigenvalue weighted by molar-refractivity contribution is -0.121. The molecule has 0 aliphatic carbocycles. The Hall–Kier alpha value is -5.12. The van der Waals surface area contributed by atoms with Gasteiger partial charge in [-0.1, -0.05) is 69.2 Å². The highest BCUT2D eigenvalue weighted by Gasteiger charge is 2.49. The van der Waals surface area contributed by atoms with E-state index in [9.17, 15) is 36.0 Å². The molecule has 25 heteroatoms. The van der Waals surface area contributed by atoms with E-state index in [2.05, 4.69) is 119 Å². The summed E-state index contributed by atoms with van der Waals surface area (Å²) >= 11 is 11.5. The van der Waals surface area contributed by atoms with Gasteiger partial charge in [0.2, 0.25) is 38.3 Å². The number of hydrogen-bond acceptors (Lipinski definition) is 17. The van der Waals surface area contributed by atoms with Crippen LogP contribution in [0, 0.1) is 0 Å². The average Bonchev–Trinajstić information content (AvgIpc) is 1.74. The Kier molecular flexibility index (Phi) is 19.7. The van der Waals surface area contributed by atoms with Gasteiger partial charge in [0, 0.05) is 137 Å². The first-order valence-corrected chi connectivity index (χ1v) is 38.8. The van der Waals surface area contributed by atoms with Crippen LogP contribution in [0.3, 0.4) is 0 Å². The normalized spacial score (nSPS) is 19.9. The van der Waals surface area contributed by atoms with Crippen LogP contribution < -0.4 is 33.1 Å². The lowest BCUT2D eigenvalue weighted by atomic mass is 9.88. The molecule has 0 unspecified atom stereocenters. The smallest absolute Gasteiger partial charge is 0.414 e. The first-order valence-electron chi connectivity index (χ1n) is 28.9. The van der Waals surface area contributed by atoms with Crippen molar-refractivity contribution in [1.29, 1.82) is 0 Å². The molecule has 7 aromatic rings. The monoisotopic (exact) mass is 1380 g/mol. The molecular weight excluding hydrogens is 1300 g/mol. The zero-order valence-electron chi connectivity index (χ0n) is 54.7. The lowest BCUT2D eigenvalue weighted by Gasteiger charge is -2.20. The summed E-state index contributed by atoms with van der Waals surface area (Å²) in [6.45, 7) is 34.9. The van der Waals surface area contributed by atoms with Gasteiger partial charge in [-0.2, -0.15) is 0 Å². The number of anilines is 7. The fraction of sp³-hybridized carbons (Fsp3) is 0.500. The van der Waals surface area contributed by atoms with Crippen LogP contribution in [0.4, 0.5) is 44.6 Å². The summed E-state index contributed by atoms with van der Waals surface area (Å²) in [6, 6.07) is 0. The van der Waals surface area contributed by atoms with E-state index < -0.39 is 24.8 Å². The van der Waals surface area contributed by atoms with E-state index in [0.29, 0.717) is 18.5 Å². The van der Waals surface area contributed by atoms with Crippen LogP contribution in [-0.2, 0) is 76.4 Å². The molecule has 16 nitrogen and oxygen atoms in total. The van der Waals surface area contributed by atoms with Gasteiger partial charge >= 0.3 is 6.09 Å². The molecule has 0 spiro atoms. The van der Waals surface area contributed by atoms with Gasteiger partial charge in [-0.15, -0.1) is 79.4 Å². The number of ether oxygens (including phenoxy) is 1. The van der Waals surface area contributed by atoms with Gasteiger partial charge in [-0.25, -0.2) is 21.6 Å². The molecule has 0 saturated carbocycles. The number of rotatable bonds is 2. The third-order valence-corrected chi connectivity index (χ3v) is 26.4. The van der Waals surface area contributed by atoms with E-state index in [-0.39, 0.29) is 45.0 Å². The van der Waals surface area contributed by atoms with Crippen molar-refractivity contribution in [3.63, 3.8) is 0 Å². The Morgan fingerprint density at radius 1 is 0.494 bits per heavy atom. The van der Waals surface area contributed by atoms with Crippen LogP contribution in [0.15, 0.2) is 75.3 Å². The highest BCUT2D eigenvalue weighted by molar-refractivity contribution is 7.94. The third kappa shape index (κ3) is 13.2. The number of likely N-dealkylation sites (N-methyl/N-ethyl adjacent to an activating group) is 2. The molecule has 4 amide bonds. The van der Waals surface area contributed by atoms with E-state index in [1.165, 1.54) is 55.5 Å². The molecule has 0 radical (unpaired) electrons. The van der Waals surface area contributed by atoms with E-state index in [1.807, 2.05) is 63.5 Å². The SMILES string of the molecule is CC(=O)N1CC(C)(C)c2cscc21.CC1(C)CN(C=O)c2cscc21.CC1(C)CN(S(C)(=O)=O)c2cscc21.CN1C(=O)C(C)(C)c2cscc21.CN1CC(C)(C)c2cscc21.CN1c2cscc2C(C)(C)S1(=O)=O.COC(=O)N1CC(C)(C)c2cscc21. The fourth-order valence-electron chi connectivity index (χ4n) is 12.3. The molecule has 0 fully saturated rings. The molecular formula is C64H85N7O9S9. The summed E-state index contributed by atoms with van der Waals surface area (Å²) in [5, 5.41) is 28.9. The Bertz CT molecular complexity index is 3970. The van der Waals surface area contributed by atoms with Crippen LogP contribution in [0.5, 0.6) is 0 Å². The molecule has 14 heterocycles. The fourth-order valence-corrected chi connectivity index (χ4v) is 22.4. The van der Waals surface area contributed by atoms with Crippen molar-refractivity contribution in [2.45, 2.75) is 141 Å². The molecule has 14 rings (SSSR count). The summed E-state index contributed by atoms with van der Waals surface area (Å²) in [4.78, 5) is 54.6. The zero-order valence-corrected chi connectivity index (χ0v) is 62.0. The molecule has 0 aromatic carbocycles. The molecule has 0 N–H and O–H groups in total. The van der Waals surface area contributed by atoms with Gasteiger partial charge in [0.15, 0.2) is 0 Å². The molecule has 7 aliphatic rings. The summed E-state index contributed by atoms with van der Waals surface area (Å²) in [7, 11) is 0.730. The standard InChI is InChI=1S/C10H13NO2S.C10H13NOS.C9H13NO2S2.2C9H11NOS.C9H13NS.C8H11NO2S2/c1-10(2)6-11(9(12)13-3)8-5-14-4-7(8)10;1-7(12)11-6-10(2,3)8-4-13-5-9(8)11;1-9(2)6-10(14(3,11)12)8-5-13-4-7(8)9;1-9(2)5-10(6-11)8-4-12-3-7(8)9;1-9(2)6-4-12-5-7(6)10(3)8(9)11;1-9(2)6-10(3)8-5-11-4-7(8)9;1-8(2)6-4-12-5-7(6)9(3)13(8,10)11/h4-5H,6H2,1-3H3;4-5H,6H2,1-3H3;4-5H,6H2,1-3H3;3-4,6H,5H2,1-2H3;4-5H,1-3H3;4-5H,6H2,1-3H3;4-5H,1-3H3. The van der Waals surface area contributed by atoms with Crippen LogP contribution in [-0.4, -0.2) is 108 Å². The second kappa shape index (κ2) is 25.1. The summed E-state index contributed by atoms with van der Waals surface area (Å²) in [6.07, 6.45) is 1.91. The minimum atomic E-state index is -3.18. The molecule has 89 heavy (non-hydrogen) atoms. The van der Waals surface area contributed by atoms with Gasteiger partial charge in [0.1, 0.15) is 4.75 Å². The second-order valence-electron chi connectivity index (χ2n) is 27.6. The summed E-state index contributed by atoms with van der Waals surface area (Å²) < 4.78 is 53.6. The second-order valence-corrected chi connectivity index (χ2v) is 37.2. The number of amides is 4. The van der Waals surface area contributed by atoms with Crippen LogP contribution in [0.1, 0.15) is 143 Å². The van der Waals surface area contributed by atoms with Crippen LogP contribution in [0.25, 0.3) is 0 Å². The van der Waals surface area contributed by atoms with Crippen molar-refractivity contribution in [3.8, 4) is 0 Å². The first kappa shape index (κ1) is 69.8. The topological polar surface area (TPSA) is 168 Å². The number of carbonyl (C=O) groups excluding carboxylic acids is 4. The molecule has 0 saturated heterocycles. The molecule has 7 aromatic heterocycles.